The first kappa shape index (κ1) is 20.0. The van der Waals surface area contributed by atoms with Crippen LogP contribution in [0.5, 0.6) is 17.2 Å². The second-order valence-corrected chi connectivity index (χ2v) is 7.13. The molecule has 1 aliphatic rings. The fraction of sp³-hybridized carbons (Fsp3) is 0.381. The van der Waals surface area contributed by atoms with E-state index in [-0.39, 0.29) is 37.3 Å². The van der Waals surface area contributed by atoms with Crippen LogP contribution in [0.2, 0.25) is 0 Å². The molecule has 150 valence electrons. The predicted octanol–water partition coefficient (Wildman–Crippen LogP) is 2.76. The van der Waals surface area contributed by atoms with Gasteiger partial charge in [0.15, 0.2) is 11.5 Å². The summed E-state index contributed by atoms with van der Waals surface area (Å²) in [5.74, 6) is 0.157. The van der Waals surface area contributed by atoms with Gasteiger partial charge in [-0.1, -0.05) is 13.0 Å². The molecule has 0 radical (unpaired) electrons. The first-order chi connectivity index (χ1) is 13.4. The van der Waals surface area contributed by atoms with Crippen LogP contribution in [0.4, 0.5) is 0 Å². The first-order valence-corrected chi connectivity index (χ1v) is 8.85. The molecule has 2 aromatic carbocycles. The SMILES string of the molecule is COCC(C)(CO)COc1c(-c2ccc3c(c2)COC3=O)ccc(O)c1OC. The maximum atomic E-state index is 11.7. The normalized spacial score (nSPS) is 14.9. The van der Waals surface area contributed by atoms with E-state index in [0.717, 1.165) is 11.1 Å². The molecule has 7 nitrogen and oxygen atoms in total. The first-order valence-electron chi connectivity index (χ1n) is 8.85. The van der Waals surface area contributed by atoms with Gasteiger partial charge in [-0.05, 0) is 29.8 Å². The number of methoxy groups -OCH3 is 2. The van der Waals surface area contributed by atoms with E-state index in [4.69, 9.17) is 18.9 Å². The van der Waals surface area contributed by atoms with Crippen molar-refractivity contribution < 1.29 is 34.0 Å². The number of esters is 1. The van der Waals surface area contributed by atoms with E-state index in [2.05, 4.69) is 0 Å². The number of cyclic esters (lactones) is 1. The molecular weight excluding hydrogens is 364 g/mol. The molecule has 0 aromatic heterocycles. The van der Waals surface area contributed by atoms with Crippen molar-refractivity contribution in [2.24, 2.45) is 5.41 Å². The van der Waals surface area contributed by atoms with Crippen molar-refractivity contribution in [2.45, 2.75) is 13.5 Å². The number of hydrogen-bond acceptors (Lipinski definition) is 7. The fourth-order valence-corrected chi connectivity index (χ4v) is 3.15. The molecule has 0 fully saturated rings. The van der Waals surface area contributed by atoms with Crippen molar-refractivity contribution in [2.75, 3.05) is 34.0 Å². The van der Waals surface area contributed by atoms with Crippen molar-refractivity contribution in [1.82, 2.24) is 0 Å². The molecule has 0 aliphatic carbocycles. The van der Waals surface area contributed by atoms with Gasteiger partial charge in [0, 0.05) is 23.7 Å². The van der Waals surface area contributed by atoms with Gasteiger partial charge in [-0.2, -0.15) is 0 Å². The smallest absolute Gasteiger partial charge is 0.338 e. The number of carbonyl (C=O) groups excluding carboxylic acids is 1. The van der Waals surface area contributed by atoms with Crippen LogP contribution in [-0.4, -0.2) is 50.2 Å². The minimum Gasteiger partial charge on any atom is -0.504 e. The van der Waals surface area contributed by atoms with E-state index < -0.39 is 5.41 Å². The number of aromatic hydroxyl groups is 1. The molecule has 1 aliphatic heterocycles. The van der Waals surface area contributed by atoms with Gasteiger partial charge in [-0.15, -0.1) is 0 Å². The van der Waals surface area contributed by atoms with Crippen LogP contribution in [0, 0.1) is 5.41 Å². The van der Waals surface area contributed by atoms with Crippen molar-refractivity contribution in [3.8, 4) is 28.4 Å². The second-order valence-electron chi connectivity index (χ2n) is 7.13. The summed E-state index contributed by atoms with van der Waals surface area (Å²) in [4.78, 5) is 11.7. The number of carbonyl (C=O) groups is 1. The van der Waals surface area contributed by atoms with Gasteiger partial charge >= 0.3 is 5.97 Å². The Morgan fingerprint density at radius 3 is 2.54 bits per heavy atom. The third-order valence-electron chi connectivity index (χ3n) is 4.73. The Balaban J connectivity index is 2.01. The lowest BCUT2D eigenvalue weighted by atomic mass is 9.94. The number of rotatable bonds is 8. The molecular formula is C21H24O7. The Bertz CT molecular complexity index is 877. The van der Waals surface area contributed by atoms with E-state index in [1.165, 1.54) is 13.2 Å². The minimum atomic E-state index is -0.624. The highest BCUT2D eigenvalue weighted by Gasteiger charge is 2.28. The topological polar surface area (TPSA) is 94.5 Å². The summed E-state index contributed by atoms with van der Waals surface area (Å²) >= 11 is 0. The summed E-state index contributed by atoms with van der Waals surface area (Å²) in [5.41, 5.74) is 2.20. The molecule has 0 saturated heterocycles. The van der Waals surface area contributed by atoms with Gasteiger partial charge < -0.3 is 29.2 Å². The van der Waals surface area contributed by atoms with Crippen LogP contribution in [0.3, 0.4) is 0 Å². The molecule has 1 atom stereocenters. The highest BCUT2D eigenvalue weighted by atomic mass is 16.5. The van der Waals surface area contributed by atoms with Gasteiger partial charge in [0.25, 0.3) is 0 Å². The predicted molar refractivity (Wildman–Crippen MR) is 102 cm³/mol. The quantitative estimate of drug-likeness (QED) is 0.672. The third kappa shape index (κ3) is 3.76. The Morgan fingerprint density at radius 1 is 1.11 bits per heavy atom. The molecule has 1 unspecified atom stereocenters. The molecule has 0 bridgehead atoms. The Morgan fingerprint density at radius 2 is 1.86 bits per heavy atom. The summed E-state index contributed by atoms with van der Waals surface area (Å²) in [5, 5.41) is 19.9. The lowest BCUT2D eigenvalue weighted by molar-refractivity contribution is 0.00843. The van der Waals surface area contributed by atoms with E-state index >= 15 is 0 Å². The molecule has 7 heteroatoms. The molecule has 3 rings (SSSR count). The average Bonchev–Trinajstić information content (AvgIpc) is 3.07. The molecule has 2 N–H and O–H groups in total. The minimum absolute atomic E-state index is 0.0571. The van der Waals surface area contributed by atoms with Gasteiger partial charge in [0.1, 0.15) is 6.61 Å². The van der Waals surface area contributed by atoms with Crippen LogP contribution in [-0.2, 0) is 16.1 Å². The van der Waals surface area contributed by atoms with Crippen molar-refractivity contribution in [3.05, 3.63) is 41.5 Å². The number of aliphatic hydroxyl groups excluding tert-OH is 1. The Kier molecular flexibility index (Phi) is 5.76. The molecule has 0 spiro atoms. The van der Waals surface area contributed by atoms with E-state index in [1.807, 2.05) is 13.0 Å². The highest BCUT2D eigenvalue weighted by Crippen LogP contribution is 2.45. The molecule has 0 amide bonds. The summed E-state index contributed by atoms with van der Waals surface area (Å²) in [6, 6.07) is 8.62. The number of ether oxygens (including phenoxy) is 4. The van der Waals surface area contributed by atoms with Gasteiger partial charge in [0.05, 0.1) is 32.5 Å². The van der Waals surface area contributed by atoms with Crippen LogP contribution < -0.4 is 9.47 Å². The summed E-state index contributed by atoms with van der Waals surface area (Å²) < 4.78 is 21.6. The number of aliphatic hydroxyl groups is 1. The number of phenolic OH excluding ortho intramolecular Hbond substituents is 1. The number of hydrogen-bond donors (Lipinski definition) is 2. The van der Waals surface area contributed by atoms with Gasteiger partial charge in [-0.3, -0.25) is 0 Å². The van der Waals surface area contributed by atoms with Gasteiger partial charge in [-0.25, -0.2) is 4.79 Å². The van der Waals surface area contributed by atoms with E-state index in [1.54, 1.807) is 25.3 Å². The molecule has 2 aromatic rings. The Hall–Kier alpha value is -2.77. The lowest BCUT2D eigenvalue weighted by Gasteiger charge is -2.27. The van der Waals surface area contributed by atoms with Crippen LogP contribution in [0.25, 0.3) is 11.1 Å². The molecule has 1 heterocycles. The van der Waals surface area contributed by atoms with Crippen molar-refractivity contribution in [1.29, 1.82) is 0 Å². The monoisotopic (exact) mass is 388 g/mol. The van der Waals surface area contributed by atoms with Gasteiger partial charge in [0.2, 0.25) is 5.75 Å². The van der Waals surface area contributed by atoms with Crippen LogP contribution in [0.1, 0.15) is 22.8 Å². The maximum absolute atomic E-state index is 11.7. The standard InChI is InChI=1S/C21H24O7/c1-21(10-22,11-25-2)12-28-18-15(6-7-17(23)19(18)26-3)13-4-5-16-14(8-13)9-27-20(16)24/h4-8,22-23H,9-12H2,1-3H3. The summed E-state index contributed by atoms with van der Waals surface area (Å²) in [6.45, 7) is 2.39. The maximum Gasteiger partial charge on any atom is 0.338 e. The third-order valence-corrected chi connectivity index (χ3v) is 4.73. The Labute approximate surface area is 163 Å². The second kappa shape index (κ2) is 8.08. The zero-order valence-electron chi connectivity index (χ0n) is 16.2. The number of benzene rings is 2. The fourth-order valence-electron chi connectivity index (χ4n) is 3.15. The molecule has 28 heavy (non-hydrogen) atoms. The largest absolute Gasteiger partial charge is 0.504 e. The highest BCUT2D eigenvalue weighted by molar-refractivity contribution is 5.94. The zero-order valence-corrected chi connectivity index (χ0v) is 16.2. The lowest BCUT2D eigenvalue weighted by Crippen LogP contribution is -2.34. The van der Waals surface area contributed by atoms with E-state index in [0.29, 0.717) is 23.5 Å². The van der Waals surface area contributed by atoms with Crippen LogP contribution in [0.15, 0.2) is 30.3 Å². The van der Waals surface area contributed by atoms with Crippen LogP contribution >= 0.6 is 0 Å². The zero-order chi connectivity index (χ0) is 20.3. The summed E-state index contributed by atoms with van der Waals surface area (Å²) in [7, 11) is 3.00. The van der Waals surface area contributed by atoms with Crippen molar-refractivity contribution >= 4 is 5.97 Å². The van der Waals surface area contributed by atoms with Crippen molar-refractivity contribution in [3.63, 3.8) is 0 Å². The molecule has 0 saturated carbocycles. The van der Waals surface area contributed by atoms with E-state index in [9.17, 15) is 15.0 Å². The average molecular weight is 388 g/mol. The number of fused-ring (bicyclic) bond motifs is 1. The summed E-state index contributed by atoms with van der Waals surface area (Å²) in [6.07, 6.45) is 0. The number of phenols is 1.